The summed E-state index contributed by atoms with van der Waals surface area (Å²) in [7, 11) is 0. The van der Waals surface area contributed by atoms with Crippen molar-refractivity contribution < 1.29 is 14.6 Å². The van der Waals surface area contributed by atoms with Crippen molar-refractivity contribution in [1.29, 1.82) is 0 Å². The average molecular weight is 377 g/mol. The van der Waals surface area contributed by atoms with Crippen LogP contribution in [0.1, 0.15) is 11.1 Å². The highest BCUT2D eigenvalue weighted by atomic mass is 16.5. The molecule has 0 heterocycles. The van der Waals surface area contributed by atoms with Gasteiger partial charge in [-0.05, 0) is 23.3 Å². The summed E-state index contributed by atoms with van der Waals surface area (Å²) in [5.74, 6) is 0. The van der Waals surface area contributed by atoms with Gasteiger partial charge in [0.15, 0.2) is 0 Å². The minimum Gasteiger partial charge on any atom is -0.394 e. The molecule has 2 N–H and O–H groups in total. The number of anilines is 1. The highest BCUT2D eigenvalue weighted by Gasteiger charge is 2.22. The van der Waals surface area contributed by atoms with Gasteiger partial charge in [-0.2, -0.15) is 0 Å². The van der Waals surface area contributed by atoms with Gasteiger partial charge in [-0.15, -0.1) is 0 Å². The van der Waals surface area contributed by atoms with Gasteiger partial charge in [0, 0.05) is 5.69 Å². The average Bonchev–Trinajstić information content (AvgIpc) is 2.76. The van der Waals surface area contributed by atoms with E-state index in [0.29, 0.717) is 19.8 Å². The molecule has 0 amide bonds. The van der Waals surface area contributed by atoms with Crippen LogP contribution in [0.4, 0.5) is 5.69 Å². The van der Waals surface area contributed by atoms with Gasteiger partial charge in [-0.25, -0.2) is 0 Å². The topological polar surface area (TPSA) is 50.7 Å². The van der Waals surface area contributed by atoms with Crippen molar-refractivity contribution in [2.24, 2.45) is 0 Å². The molecule has 0 aliphatic heterocycles. The molecule has 4 heteroatoms. The summed E-state index contributed by atoms with van der Waals surface area (Å²) in [6.45, 7) is 1.29. The van der Waals surface area contributed by atoms with Gasteiger partial charge in [-0.1, -0.05) is 78.9 Å². The maximum Gasteiger partial charge on any atom is 0.103 e. The van der Waals surface area contributed by atoms with Crippen LogP contribution < -0.4 is 5.32 Å². The lowest BCUT2D eigenvalue weighted by atomic mass is 10.1. The molecule has 3 rings (SSSR count). The maximum absolute atomic E-state index is 9.95. The van der Waals surface area contributed by atoms with Crippen LogP contribution in [0.2, 0.25) is 0 Å². The molecule has 0 radical (unpaired) electrons. The lowest BCUT2D eigenvalue weighted by Gasteiger charge is -2.28. The third kappa shape index (κ3) is 6.50. The second kappa shape index (κ2) is 11.2. The van der Waals surface area contributed by atoms with E-state index in [1.165, 1.54) is 0 Å². The first kappa shape index (κ1) is 20.1. The van der Waals surface area contributed by atoms with Crippen molar-refractivity contribution in [3.63, 3.8) is 0 Å². The van der Waals surface area contributed by atoms with E-state index < -0.39 is 6.10 Å². The van der Waals surface area contributed by atoms with Gasteiger partial charge < -0.3 is 19.9 Å². The van der Waals surface area contributed by atoms with Crippen molar-refractivity contribution in [2.75, 3.05) is 18.5 Å². The molecule has 0 aliphatic carbocycles. The van der Waals surface area contributed by atoms with Crippen LogP contribution in [-0.4, -0.2) is 30.5 Å². The van der Waals surface area contributed by atoms with E-state index in [-0.39, 0.29) is 12.6 Å². The van der Waals surface area contributed by atoms with Crippen molar-refractivity contribution in [3.05, 3.63) is 102 Å². The quantitative estimate of drug-likeness (QED) is 0.524. The zero-order valence-electron chi connectivity index (χ0n) is 15.9. The summed E-state index contributed by atoms with van der Waals surface area (Å²) in [5.41, 5.74) is 3.16. The first-order valence-corrected chi connectivity index (χ1v) is 9.55. The number of nitrogens with one attached hydrogen (secondary N) is 1. The van der Waals surface area contributed by atoms with E-state index in [1.54, 1.807) is 0 Å². The summed E-state index contributed by atoms with van der Waals surface area (Å²) < 4.78 is 12.0. The van der Waals surface area contributed by atoms with Crippen molar-refractivity contribution in [3.8, 4) is 0 Å². The van der Waals surface area contributed by atoms with Crippen LogP contribution in [0.3, 0.4) is 0 Å². The molecule has 0 saturated carbocycles. The molecule has 0 fully saturated rings. The first-order chi connectivity index (χ1) is 13.8. The summed E-state index contributed by atoms with van der Waals surface area (Å²) in [6.07, 6.45) is -0.392. The number of hydrogen-bond acceptors (Lipinski definition) is 4. The third-order valence-electron chi connectivity index (χ3n) is 4.47. The van der Waals surface area contributed by atoms with E-state index in [4.69, 9.17) is 9.47 Å². The predicted octanol–water partition coefficient (Wildman–Crippen LogP) is 4.26. The second-order valence-electron chi connectivity index (χ2n) is 6.64. The van der Waals surface area contributed by atoms with Gasteiger partial charge >= 0.3 is 0 Å². The standard InChI is InChI=1S/C24H27NO3/c26-16-24(28-18-21-12-6-2-7-13-21)23(25-22-14-8-3-9-15-22)19-27-17-20-10-4-1-5-11-20/h1-15,23-26H,16-19H2/t23-,24-/m1/s1. The van der Waals surface area contributed by atoms with Crippen LogP contribution in [0.5, 0.6) is 0 Å². The van der Waals surface area contributed by atoms with Crippen LogP contribution in [0.25, 0.3) is 0 Å². The molecule has 0 saturated heterocycles. The first-order valence-electron chi connectivity index (χ1n) is 9.55. The summed E-state index contributed by atoms with van der Waals surface area (Å²) in [5, 5.41) is 13.4. The number of aliphatic hydroxyl groups excluding tert-OH is 1. The van der Waals surface area contributed by atoms with Gasteiger partial charge in [0.05, 0.1) is 32.5 Å². The fraction of sp³-hybridized carbons (Fsp3) is 0.250. The second-order valence-corrected chi connectivity index (χ2v) is 6.64. The van der Waals surface area contributed by atoms with Crippen molar-refractivity contribution >= 4 is 5.69 Å². The Labute approximate surface area is 166 Å². The number of ether oxygens (including phenoxy) is 2. The van der Waals surface area contributed by atoms with Gasteiger partial charge in [0.2, 0.25) is 0 Å². The van der Waals surface area contributed by atoms with Gasteiger partial charge in [0.1, 0.15) is 6.10 Å². The molecule has 4 nitrogen and oxygen atoms in total. The van der Waals surface area contributed by atoms with Crippen LogP contribution in [0.15, 0.2) is 91.0 Å². The molecule has 0 spiro atoms. The Bertz CT molecular complexity index is 781. The van der Waals surface area contributed by atoms with E-state index in [0.717, 1.165) is 16.8 Å². The lowest BCUT2D eigenvalue weighted by Crippen LogP contribution is -2.41. The van der Waals surface area contributed by atoms with Crippen LogP contribution in [-0.2, 0) is 22.7 Å². The monoisotopic (exact) mass is 377 g/mol. The highest BCUT2D eigenvalue weighted by Crippen LogP contribution is 2.14. The zero-order chi connectivity index (χ0) is 19.4. The Morgan fingerprint density at radius 3 is 1.82 bits per heavy atom. The fourth-order valence-corrected chi connectivity index (χ4v) is 2.94. The van der Waals surface area contributed by atoms with Crippen LogP contribution >= 0.6 is 0 Å². The lowest BCUT2D eigenvalue weighted by molar-refractivity contribution is -0.0286. The Kier molecular flexibility index (Phi) is 8.07. The SMILES string of the molecule is OC[C@@H](OCc1ccccc1)[C@@H](COCc1ccccc1)Nc1ccccc1. The molecule has 0 aliphatic rings. The number of hydrogen-bond donors (Lipinski definition) is 2. The molecule has 146 valence electrons. The Balaban J connectivity index is 1.62. The number of aliphatic hydroxyl groups is 1. The normalized spacial score (nSPS) is 13.0. The van der Waals surface area contributed by atoms with Crippen LogP contribution in [0, 0.1) is 0 Å². The number of benzene rings is 3. The minimum atomic E-state index is -0.392. The highest BCUT2D eigenvalue weighted by molar-refractivity contribution is 5.43. The molecule has 28 heavy (non-hydrogen) atoms. The van der Waals surface area contributed by atoms with Crippen molar-refractivity contribution in [1.82, 2.24) is 0 Å². The minimum absolute atomic E-state index is 0.0912. The Hall–Kier alpha value is -2.66. The summed E-state index contributed by atoms with van der Waals surface area (Å²) in [6, 6.07) is 29.8. The third-order valence-corrected chi connectivity index (χ3v) is 4.47. The largest absolute Gasteiger partial charge is 0.394 e. The molecular formula is C24H27NO3. The Morgan fingerprint density at radius 2 is 1.25 bits per heavy atom. The molecule has 0 bridgehead atoms. The predicted molar refractivity (Wildman–Crippen MR) is 112 cm³/mol. The molecular weight excluding hydrogens is 350 g/mol. The van der Waals surface area contributed by atoms with E-state index in [9.17, 15) is 5.11 Å². The molecule has 0 aromatic heterocycles. The van der Waals surface area contributed by atoms with E-state index in [2.05, 4.69) is 5.32 Å². The molecule has 3 aromatic rings. The summed E-state index contributed by atoms with van der Waals surface area (Å²) in [4.78, 5) is 0. The van der Waals surface area contributed by atoms with Crippen molar-refractivity contribution in [2.45, 2.75) is 25.4 Å². The van der Waals surface area contributed by atoms with E-state index >= 15 is 0 Å². The molecule has 0 unspecified atom stereocenters. The smallest absolute Gasteiger partial charge is 0.103 e. The number of para-hydroxylation sites is 1. The van der Waals surface area contributed by atoms with Gasteiger partial charge in [0.25, 0.3) is 0 Å². The van der Waals surface area contributed by atoms with Gasteiger partial charge in [-0.3, -0.25) is 0 Å². The molecule has 3 aromatic carbocycles. The maximum atomic E-state index is 9.95. The van der Waals surface area contributed by atoms with E-state index in [1.807, 2.05) is 91.0 Å². The Morgan fingerprint density at radius 1 is 0.714 bits per heavy atom. The fourth-order valence-electron chi connectivity index (χ4n) is 2.94. The number of rotatable bonds is 11. The molecule has 2 atom stereocenters. The summed E-state index contributed by atoms with van der Waals surface area (Å²) >= 11 is 0. The zero-order valence-corrected chi connectivity index (χ0v) is 15.9.